The van der Waals surface area contributed by atoms with Crippen molar-refractivity contribution in [3.8, 4) is 5.75 Å². The average molecular weight is 353 g/mol. The summed E-state index contributed by atoms with van der Waals surface area (Å²) in [4.78, 5) is 0. The van der Waals surface area contributed by atoms with Gasteiger partial charge in [0.15, 0.2) is 0 Å². The van der Waals surface area contributed by atoms with Gasteiger partial charge in [-0.3, -0.25) is 0 Å². The molecular formula is C18H25BrO2. The van der Waals surface area contributed by atoms with Crippen molar-refractivity contribution in [2.75, 3.05) is 0 Å². The van der Waals surface area contributed by atoms with Gasteiger partial charge in [0.05, 0.1) is 11.2 Å². The van der Waals surface area contributed by atoms with Crippen LogP contribution in [-0.2, 0) is 11.2 Å². The third kappa shape index (κ3) is 3.45. The molecule has 0 spiro atoms. The fourth-order valence-corrected chi connectivity index (χ4v) is 4.55. The van der Waals surface area contributed by atoms with E-state index in [-0.39, 0.29) is 11.2 Å². The molecule has 1 fully saturated rings. The van der Waals surface area contributed by atoms with Crippen LogP contribution in [0, 0.1) is 5.92 Å². The summed E-state index contributed by atoms with van der Waals surface area (Å²) in [5.41, 5.74) is 1.21. The normalized spacial score (nSPS) is 27.8. The third-order valence-corrected chi connectivity index (χ3v) is 5.08. The molecule has 2 nitrogen and oxygen atoms in total. The van der Waals surface area contributed by atoms with Crippen LogP contribution in [-0.4, -0.2) is 17.3 Å². The number of ether oxygens (including phenoxy) is 2. The highest BCUT2D eigenvalue weighted by molar-refractivity contribution is 9.10. The van der Waals surface area contributed by atoms with Gasteiger partial charge < -0.3 is 9.47 Å². The highest BCUT2D eigenvalue weighted by Crippen LogP contribution is 2.43. The van der Waals surface area contributed by atoms with E-state index in [1.165, 1.54) is 5.56 Å². The van der Waals surface area contributed by atoms with Gasteiger partial charge in [-0.25, -0.2) is 0 Å². The molecule has 0 radical (unpaired) electrons. The van der Waals surface area contributed by atoms with E-state index >= 15 is 0 Å². The largest absolute Gasteiger partial charge is 0.490 e. The second-order valence-corrected chi connectivity index (χ2v) is 8.65. The van der Waals surface area contributed by atoms with Crippen LogP contribution in [0.25, 0.3) is 0 Å². The van der Waals surface area contributed by atoms with Gasteiger partial charge >= 0.3 is 0 Å². The first-order valence-electron chi connectivity index (χ1n) is 7.89. The van der Waals surface area contributed by atoms with Crippen molar-refractivity contribution in [3.05, 3.63) is 28.2 Å². The molecule has 0 N–H and O–H groups in total. The fourth-order valence-electron chi connectivity index (χ4n) is 4.14. The molecule has 3 rings (SSSR count). The molecule has 1 saturated heterocycles. The van der Waals surface area contributed by atoms with E-state index in [0.29, 0.717) is 12.0 Å². The fraction of sp³-hybridized carbons (Fsp3) is 0.667. The van der Waals surface area contributed by atoms with E-state index < -0.39 is 0 Å². The maximum atomic E-state index is 6.34. The summed E-state index contributed by atoms with van der Waals surface area (Å²) in [5, 5.41) is 0. The van der Waals surface area contributed by atoms with Crippen molar-refractivity contribution < 1.29 is 9.47 Å². The predicted octanol–water partition coefficient (Wildman–Crippen LogP) is 5.13. The molecular weight excluding hydrogens is 328 g/mol. The molecule has 1 aromatic rings. The van der Waals surface area contributed by atoms with Gasteiger partial charge in [0.2, 0.25) is 0 Å². The lowest BCUT2D eigenvalue weighted by Gasteiger charge is -2.48. The minimum Gasteiger partial charge on any atom is -0.490 e. The third-order valence-electron chi connectivity index (χ3n) is 4.58. The zero-order valence-corrected chi connectivity index (χ0v) is 15.0. The number of halogens is 1. The average Bonchev–Trinajstić information content (AvgIpc) is 2.34. The summed E-state index contributed by atoms with van der Waals surface area (Å²) < 4.78 is 13.7. The predicted molar refractivity (Wildman–Crippen MR) is 88.8 cm³/mol. The summed E-state index contributed by atoms with van der Waals surface area (Å²) in [6.07, 6.45) is 4.69. The monoisotopic (exact) mass is 352 g/mol. The Morgan fingerprint density at radius 1 is 1.10 bits per heavy atom. The molecule has 0 bridgehead atoms. The van der Waals surface area contributed by atoms with Crippen LogP contribution in [0.15, 0.2) is 22.7 Å². The number of rotatable bonds is 1. The maximum absolute atomic E-state index is 6.34. The van der Waals surface area contributed by atoms with Crippen LogP contribution in [0.5, 0.6) is 5.75 Å². The summed E-state index contributed by atoms with van der Waals surface area (Å²) >= 11 is 3.54. The lowest BCUT2D eigenvalue weighted by atomic mass is 9.76. The first kappa shape index (κ1) is 15.4. The number of fused-ring (bicyclic) bond motifs is 1. The van der Waals surface area contributed by atoms with E-state index in [9.17, 15) is 0 Å². The Labute approximate surface area is 136 Å². The highest BCUT2D eigenvalue weighted by atomic mass is 79.9. The van der Waals surface area contributed by atoms with Crippen LogP contribution < -0.4 is 4.74 Å². The molecule has 21 heavy (non-hydrogen) atoms. The minimum absolute atomic E-state index is 0.0598. The van der Waals surface area contributed by atoms with Gasteiger partial charge in [-0.1, -0.05) is 15.9 Å². The van der Waals surface area contributed by atoms with E-state index in [4.69, 9.17) is 9.47 Å². The maximum Gasteiger partial charge on any atom is 0.122 e. The number of hydrogen-bond acceptors (Lipinski definition) is 2. The van der Waals surface area contributed by atoms with Gasteiger partial charge in [0.1, 0.15) is 11.9 Å². The minimum atomic E-state index is -0.0598. The second kappa shape index (κ2) is 5.27. The van der Waals surface area contributed by atoms with Crippen molar-refractivity contribution in [2.45, 2.75) is 70.7 Å². The van der Waals surface area contributed by atoms with E-state index in [1.54, 1.807) is 0 Å². The Morgan fingerprint density at radius 2 is 1.76 bits per heavy atom. The molecule has 1 aromatic carbocycles. The zero-order chi connectivity index (χ0) is 15.3. The first-order valence-corrected chi connectivity index (χ1v) is 8.69. The summed E-state index contributed by atoms with van der Waals surface area (Å²) in [7, 11) is 0. The standard InChI is InChI=1S/C18H25BrO2/c1-17(2)10-13(11-18(3,4)21-17)16-7-5-12-9-14(19)6-8-15(12)20-16/h6,8-9,13,16H,5,7,10-11H2,1-4H3. The Bertz CT molecular complexity index is 520. The lowest BCUT2D eigenvalue weighted by Crippen LogP contribution is -2.49. The summed E-state index contributed by atoms with van der Waals surface area (Å²) in [5.74, 6) is 1.64. The van der Waals surface area contributed by atoms with Crippen molar-refractivity contribution in [1.29, 1.82) is 0 Å². The van der Waals surface area contributed by atoms with Gasteiger partial charge in [-0.2, -0.15) is 0 Å². The summed E-state index contributed by atoms with van der Waals surface area (Å²) in [6.45, 7) is 8.81. The Morgan fingerprint density at radius 3 is 2.43 bits per heavy atom. The van der Waals surface area contributed by atoms with Crippen LogP contribution in [0.1, 0.15) is 52.5 Å². The zero-order valence-electron chi connectivity index (χ0n) is 13.4. The van der Waals surface area contributed by atoms with Crippen LogP contribution in [0.4, 0.5) is 0 Å². The topological polar surface area (TPSA) is 18.5 Å². The van der Waals surface area contributed by atoms with Crippen LogP contribution >= 0.6 is 15.9 Å². The SMILES string of the molecule is CC1(C)CC(C2CCc3cc(Br)ccc3O2)CC(C)(C)O1. The molecule has 1 atom stereocenters. The van der Waals surface area contributed by atoms with E-state index in [0.717, 1.165) is 35.9 Å². The molecule has 1 unspecified atom stereocenters. The molecule has 2 aliphatic heterocycles. The van der Waals surface area contributed by atoms with E-state index in [1.807, 2.05) is 0 Å². The number of aryl methyl sites for hydroxylation is 1. The summed E-state index contributed by atoms with van der Waals surface area (Å²) in [6, 6.07) is 6.35. The second-order valence-electron chi connectivity index (χ2n) is 7.74. The van der Waals surface area contributed by atoms with Gasteiger partial charge in [0.25, 0.3) is 0 Å². The van der Waals surface area contributed by atoms with Crippen molar-refractivity contribution >= 4 is 15.9 Å². The van der Waals surface area contributed by atoms with Gasteiger partial charge in [0, 0.05) is 10.4 Å². The molecule has 0 aromatic heterocycles. The van der Waals surface area contributed by atoms with Crippen molar-refractivity contribution in [3.63, 3.8) is 0 Å². The highest BCUT2D eigenvalue weighted by Gasteiger charge is 2.43. The van der Waals surface area contributed by atoms with E-state index in [2.05, 4.69) is 61.8 Å². The molecule has 116 valence electrons. The smallest absolute Gasteiger partial charge is 0.122 e. The number of hydrogen-bond donors (Lipinski definition) is 0. The number of benzene rings is 1. The van der Waals surface area contributed by atoms with Crippen LogP contribution in [0.2, 0.25) is 0 Å². The Balaban J connectivity index is 1.78. The molecule has 2 heterocycles. The molecule has 0 amide bonds. The van der Waals surface area contributed by atoms with Gasteiger partial charge in [-0.05, 0) is 77.1 Å². The molecule has 0 saturated carbocycles. The quantitative estimate of drug-likeness (QED) is 0.697. The van der Waals surface area contributed by atoms with Crippen LogP contribution in [0.3, 0.4) is 0 Å². The molecule has 0 aliphatic carbocycles. The Kier molecular flexibility index (Phi) is 3.86. The van der Waals surface area contributed by atoms with Gasteiger partial charge in [-0.15, -0.1) is 0 Å². The van der Waals surface area contributed by atoms with Crippen molar-refractivity contribution in [1.82, 2.24) is 0 Å². The molecule has 3 heteroatoms. The van der Waals surface area contributed by atoms with Crippen molar-refractivity contribution in [2.24, 2.45) is 5.92 Å². The molecule has 2 aliphatic rings. The lowest BCUT2D eigenvalue weighted by molar-refractivity contribution is -0.184. The first-order chi connectivity index (χ1) is 9.74. The Hall–Kier alpha value is -0.540.